The highest BCUT2D eigenvalue weighted by Gasteiger charge is 2.12. The summed E-state index contributed by atoms with van der Waals surface area (Å²) in [6, 6.07) is 5.04. The molecule has 20 heavy (non-hydrogen) atoms. The van der Waals surface area contributed by atoms with Gasteiger partial charge in [-0.05, 0) is 17.7 Å². The van der Waals surface area contributed by atoms with Crippen LogP contribution in [-0.4, -0.2) is 34.7 Å². The summed E-state index contributed by atoms with van der Waals surface area (Å²) in [5.41, 5.74) is 0.597. The fourth-order valence-corrected chi connectivity index (χ4v) is 1.70. The first-order chi connectivity index (χ1) is 9.41. The maximum absolute atomic E-state index is 11.5. The molecule has 0 radical (unpaired) electrons. The molecule has 0 spiro atoms. The zero-order chi connectivity index (χ0) is 15.1. The molecule has 0 unspecified atom stereocenters. The van der Waals surface area contributed by atoms with E-state index in [1.165, 1.54) is 12.2 Å². The third-order valence-corrected chi connectivity index (χ3v) is 3.23. The van der Waals surface area contributed by atoms with Gasteiger partial charge in [-0.1, -0.05) is 35.3 Å². The van der Waals surface area contributed by atoms with E-state index in [2.05, 4.69) is 5.32 Å². The average Bonchev–Trinajstić information content (AvgIpc) is 2.40. The molecule has 0 heterocycles. The second-order valence-electron chi connectivity index (χ2n) is 3.91. The first-order valence-electron chi connectivity index (χ1n) is 5.72. The summed E-state index contributed by atoms with van der Waals surface area (Å²) < 4.78 is 0. The minimum atomic E-state index is -1.48. The Morgan fingerprint density at radius 1 is 1.35 bits per heavy atom. The van der Waals surface area contributed by atoms with Crippen molar-refractivity contribution < 1.29 is 19.8 Å². The van der Waals surface area contributed by atoms with Crippen molar-refractivity contribution in [3.63, 3.8) is 0 Å². The summed E-state index contributed by atoms with van der Waals surface area (Å²) in [5.74, 6) is -1.74. The predicted molar refractivity (Wildman–Crippen MR) is 76.8 cm³/mol. The summed E-state index contributed by atoms with van der Waals surface area (Å²) in [6.07, 6.45) is 1.20. The lowest BCUT2D eigenvalue weighted by molar-refractivity contribution is -0.147. The third kappa shape index (κ3) is 5.21. The lowest BCUT2D eigenvalue weighted by Gasteiger charge is -2.05. The quantitative estimate of drug-likeness (QED) is 0.700. The van der Waals surface area contributed by atoms with Gasteiger partial charge in [-0.3, -0.25) is 4.79 Å². The lowest BCUT2D eigenvalue weighted by atomic mass is 10.2. The third-order valence-electron chi connectivity index (χ3n) is 2.40. The predicted octanol–water partition coefficient (Wildman–Crippen LogP) is 1.96. The Labute approximate surface area is 125 Å². The summed E-state index contributed by atoms with van der Waals surface area (Å²) >= 11 is 11.8. The van der Waals surface area contributed by atoms with Crippen LogP contribution in [0, 0.1) is 0 Å². The number of aliphatic carboxylic acids is 1. The zero-order valence-corrected chi connectivity index (χ0v) is 11.9. The average molecular weight is 318 g/mol. The van der Waals surface area contributed by atoms with Gasteiger partial charge in [0.25, 0.3) is 0 Å². The monoisotopic (exact) mass is 317 g/mol. The fourth-order valence-electron chi connectivity index (χ4n) is 1.33. The number of nitrogens with one attached hydrogen (secondary N) is 1. The topological polar surface area (TPSA) is 86.6 Å². The molecular weight excluding hydrogens is 305 g/mol. The van der Waals surface area contributed by atoms with Gasteiger partial charge in [-0.2, -0.15) is 0 Å². The first kappa shape index (κ1) is 16.5. The number of rotatable bonds is 6. The Morgan fingerprint density at radius 3 is 2.70 bits per heavy atom. The van der Waals surface area contributed by atoms with E-state index in [0.29, 0.717) is 15.6 Å². The molecule has 3 N–H and O–H groups in total. The van der Waals surface area contributed by atoms with Crippen LogP contribution in [-0.2, 0) is 9.59 Å². The van der Waals surface area contributed by atoms with Crippen LogP contribution < -0.4 is 5.32 Å². The van der Waals surface area contributed by atoms with Crippen molar-refractivity contribution in [1.29, 1.82) is 0 Å². The molecule has 1 atom stereocenters. The van der Waals surface area contributed by atoms with Crippen molar-refractivity contribution in [1.82, 2.24) is 5.32 Å². The molecule has 0 bridgehead atoms. The number of aliphatic hydroxyl groups excluding tert-OH is 1. The van der Waals surface area contributed by atoms with Gasteiger partial charge in [-0.15, -0.1) is 0 Å². The van der Waals surface area contributed by atoms with Gasteiger partial charge in [0, 0.05) is 19.0 Å². The molecule has 0 aliphatic heterocycles. The summed E-state index contributed by atoms with van der Waals surface area (Å²) in [4.78, 5) is 21.8. The SMILES string of the molecule is O=C(/C=C/c1cccc(Cl)c1Cl)NCC[C@H](O)C(=O)O. The van der Waals surface area contributed by atoms with Crippen LogP contribution in [0.5, 0.6) is 0 Å². The maximum atomic E-state index is 11.5. The Hall–Kier alpha value is -1.56. The van der Waals surface area contributed by atoms with Crippen LogP contribution in [0.2, 0.25) is 10.0 Å². The number of hydrogen-bond acceptors (Lipinski definition) is 3. The van der Waals surface area contributed by atoms with E-state index in [9.17, 15) is 9.59 Å². The van der Waals surface area contributed by atoms with Crippen LogP contribution in [0.4, 0.5) is 0 Å². The van der Waals surface area contributed by atoms with Gasteiger partial charge in [-0.25, -0.2) is 4.79 Å². The van der Waals surface area contributed by atoms with Gasteiger partial charge in [0.15, 0.2) is 6.10 Å². The minimum Gasteiger partial charge on any atom is -0.479 e. The van der Waals surface area contributed by atoms with E-state index in [-0.39, 0.29) is 13.0 Å². The molecular formula is C13H13Cl2NO4. The van der Waals surface area contributed by atoms with Crippen LogP contribution in [0.15, 0.2) is 24.3 Å². The van der Waals surface area contributed by atoms with E-state index >= 15 is 0 Å². The standard InChI is InChI=1S/C13H13Cl2NO4/c14-9-3-1-2-8(12(9)15)4-5-11(18)16-7-6-10(17)13(19)20/h1-5,10,17H,6-7H2,(H,16,18)(H,19,20)/b5-4+/t10-/m0/s1. The Morgan fingerprint density at radius 2 is 2.05 bits per heavy atom. The van der Waals surface area contributed by atoms with Gasteiger partial charge >= 0.3 is 5.97 Å². The molecule has 0 aliphatic carbocycles. The van der Waals surface area contributed by atoms with E-state index in [1.807, 2.05) is 0 Å². The van der Waals surface area contributed by atoms with Crippen molar-refractivity contribution in [3.8, 4) is 0 Å². The Bertz CT molecular complexity index is 531. The summed E-state index contributed by atoms with van der Waals surface area (Å²) in [6.45, 7) is 0.0555. The van der Waals surface area contributed by atoms with Gasteiger partial charge < -0.3 is 15.5 Å². The Kier molecular flexibility index (Phi) is 6.51. The molecule has 1 amide bonds. The molecule has 5 nitrogen and oxygen atoms in total. The number of benzene rings is 1. The minimum absolute atomic E-state index is 0.0555. The largest absolute Gasteiger partial charge is 0.479 e. The second-order valence-corrected chi connectivity index (χ2v) is 4.70. The molecule has 1 rings (SSSR count). The van der Waals surface area contributed by atoms with Crippen LogP contribution in [0.1, 0.15) is 12.0 Å². The van der Waals surface area contributed by atoms with Gasteiger partial charge in [0.2, 0.25) is 5.91 Å². The number of carboxylic acids is 1. The highest BCUT2D eigenvalue weighted by atomic mass is 35.5. The van der Waals surface area contributed by atoms with Crippen molar-refractivity contribution in [2.24, 2.45) is 0 Å². The number of amides is 1. The second kappa shape index (κ2) is 7.89. The summed E-state index contributed by atoms with van der Waals surface area (Å²) in [7, 11) is 0. The van der Waals surface area contributed by atoms with Crippen LogP contribution >= 0.6 is 23.2 Å². The number of aliphatic hydroxyl groups is 1. The molecule has 0 aromatic heterocycles. The molecule has 0 fully saturated rings. The number of carboxylic acid groups (broad SMARTS) is 1. The molecule has 108 valence electrons. The van der Waals surface area contributed by atoms with E-state index in [0.717, 1.165) is 0 Å². The van der Waals surface area contributed by atoms with E-state index < -0.39 is 18.0 Å². The molecule has 1 aromatic rings. The zero-order valence-electron chi connectivity index (χ0n) is 10.3. The number of hydrogen-bond donors (Lipinski definition) is 3. The van der Waals surface area contributed by atoms with Crippen molar-refractivity contribution >= 4 is 41.2 Å². The highest BCUT2D eigenvalue weighted by molar-refractivity contribution is 6.42. The molecule has 0 aliphatic rings. The van der Waals surface area contributed by atoms with Crippen molar-refractivity contribution in [2.75, 3.05) is 6.54 Å². The highest BCUT2D eigenvalue weighted by Crippen LogP contribution is 2.26. The molecule has 0 saturated heterocycles. The Balaban J connectivity index is 2.48. The van der Waals surface area contributed by atoms with E-state index in [1.54, 1.807) is 18.2 Å². The van der Waals surface area contributed by atoms with Gasteiger partial charge in [0.05, 0.1) is 10.0 Å². The first-order valence-corrected chi connectivity index (χ1v) is 6.48. The molecule has 1 aromatic carbocycles. The number of halogens is 2. The molecule has 7 heteroatoms. The maximum Gasteiger partial charge on any atom is 0.332 e. The van der Waals surface area contributed by atoms with Crippen LogP contribution in [0.3, 0.4) is 0 Å². The fraction of sp³-hybridized carbons (Fsp3) is 0.231. The molecule has 0 saturated carbocycles. The van der Waals surface area contributed by atoms with Crippen molar-refractivity contribution in [2.45, 2.75) is 12.5 Å². The summed E-state index contributed by atoms with van der Waals surface area (Å²) in [5, 5.41) is 20.6. The number of carbonyl (C=O) groups is 2. The van der Waals surface area contributed by atoms with Crippen molar-refractivity contribution in [3.05, 3.63) is 39.9 Å². The van der Waals surface area contributed by atoms with E-state index in [4.69, 9.17) is 33.4 Å². The normalized spacial score (nSPS) is 12.3. The van der Waals surface area contributed by atoms with Crippen LogP contribution in [0.25, 0.3) is 6.08 Å². The van der Waals surface area contributed by atoms with Gasteiger partial charge in [0.1, 0.15) is 0 Å². The number of carbonyl (C=O) groups excluding carboxylic acids is 1. The smallest absolute Gasteiger partial charge is 0.332 e. The lowest BCUT2D eigenvalue weighted by Crippen LogP contribution is -2.28.